The maximum absolute atomic E-state index is 11.7. The Labute approximate surface area is 123 Å². The van der Waals surface area contributed by atoms with Crippen LogP contribution in [0.4, 0.5) is 4.79 Å². The summed E-state index contributed by atoms with van der Waals surface area (Å²) in [6.45, 7) is 2.89. The maximum Gasteiger partial charge on any atom is 0.372 e. The van der Waals surface area contributed by atoms with E-state index in [4.69, 9.17) is 4.74 Å². The number of H-pyrrole nitrogens is 1. The summed E-state index contributed by atoms with van der Waals surface area (Å²) in [6, 6.07) is 5.75. The number of carbonyl (C=O) groups is 1. The second-order valence-electron chi connectivity index (χ2n) is 4.83. The van der Waals surface area contributed by atoms with Gasteiger partial charge in [-0.3, -0.25) is 0 Å². The van der Waals surface area contributed by atoms with Crippen molar-refractivity contribution in [2.45, 2.75) is 13.3 Å². The number of carbonyl (C=O) groups excluding carboxylic acids is 1. The second kappa shape index (κ2) is 6.81. The van der Waals surface area contributed by atoms with Gasteiger partial charge >= 0.3 is 5.30 Å². The Balaban J connectivity index is 2.29. The summed E-state index contributed by atoms with van der Waals surface area (Å²) in [5.74, 6) is 1.36. The molecule has 0 radical (unpaired) electrons. The largest absolute Gasteiger partial charge is 0.418 e. The zero-order valence-corrected chi connectivity index (χ0v) is 12.9. The van der Waals surface area contributed by atoms with E-state index in [1.54, 1.807) is 0 Å². The Bertz CT molecular complexity index is 593. The van der Waals surface area contributed by atoms with Crippen LogP contribution in [0.1, 0.15) is 12.5 Å². The Morgan fingerprint density at radius 3 is 2.90 bits per heavy atom. The standard InChI is InChI=1S/C15H20N2O2S/c1-4-20-15(18)19-13-7-5-6-12-14(13)11(10-16-12)8-9-17(2)3/h5-7,10,16H,4,8-9H2,1-3H3. The quantitative estimate of drug-likeness (QED) is 0.856. The van der Waals surface area contributed by atoms with Crippen LogP contribution in [0.25, 0.3) is 10.9 Å². The molecule has 0 saturated heterocycles. The first-order chi connectivity index (χ1) is 9.61. The van der Waals surface area contributed by atoms with E-state index in [-0.39, 0.29) is 5.30 Å². The molecule has 1 heterocycles. The van der Waals surface area contributed by atoms with E-state index in [0.29, 0.717) is 5.75 Å². The van der Waals surface area contributed by atoms with Crippen molar-refractivity contribution in [2.24, 2.45) is 0 Å². The number of aromatic amines is 1. The summed E-state index contributed by atoms with van der Waals surface area (Å²) in [5.41, 5.74) is 2.18. The van der Waals surface area contributed by atoms with E-state index < -0.39 is 0 Å². The number of hydrogen-bond acceptors (Lipinski definition) is 4. The van der Waals surface area contributed by atoms with Crippen LogP contribution in [0.3, 0.4) is 0 Å². The lowest BCUT2D eigenvalue weighted by atomic mass is 10.1. The van der Waals surface area contributed by atoms with Crippen molar-refractivity contribution in [3.63, 3.8) is 0 Å². The normalized spacial score (nSPS) is 11.2. The number of ether oxygens (including phenoxy) is 1. The number of aromatic nitrogens is 1. The average molecular weight is 292 g/mol. The summed E-state index contributed by atoms with van der Waals surface area (Å²) < 4.78 is 5.46. The monoisotopic (exact) mass is 292 g/mol. The molecule has 1 N–H and O–H groups in total. The first-order valence-corrected chi connectivity index (χ1v) is 7.68. The summed E-state index contributed by atoms with van der Waals surface area (Å²) in [7, 11) is 4.10. The van der Waals surface area contributed by atoms with Crippen molar-refractivity contribution in [1.29, 1.82) is 0 Å². The van der Waals surface area contributed by atoms with Crippen molar-refractivity contribution < 1.29 is 9.53 Å². The molecule has 0 atom stereocenters. The summed E-state index contributed by atoms with van der Waals surface area (Å²) >= 11 is 1.18. The smallest absolute Gasteiger partial charge is 0.372 e. The SMILES string of the molecule is CCSC(=O)Oc1cccc2[nH]cc(CCN(C)C)c12. The van der Waals surface area contributed by atoms with Gasteiger partial charge in [-0.15, -0.1) is 0 Å². The van der Waals surface area contributed by atoms with Gasteiger partial charge in [0.05, 0.1) is 0 Å². The molecule has 5 heteroatoms. The molecule has 20 heavy (non-hydrogen) atoms. The number of rotatable bonds is 5. The van der Waals surface area contributed by atoms with Crippen molar-refractivity contribution >= 4 is 28.0 Å². The number of thioether (sulfide) groups is 1. The van der Waals surface area contributed by atoms with E-state index in [2.05, 4.69) is 9.88 Å². The van der Waals surface area contributed by atoms with Crippen molar-refractivity contribution in [1.82, 2.24) is 9.88 Å². The number of nitrogens with one attached hydrogen (secondary N) is 1. The average Bonchev–Trinajstić information content (AvgIpc) is 2.81. The van der Waals surface area contributed by atoms with E-state index in [1.165, 1.54) is 17.3 Å². The van der Waals surface area contributed by atoms with Crippen LogP contribution in [-0.2, 0) is 6.42 Å². The molecule has 0 spiro atoms. The molecule has 1 aromatic carbocycles. The van der Waals surface area contributed by atoms with Crippen molar-refractivity contribution in [2.75, 3.05) is 26.4 Å². The predicted octanol–water partition coefficient (Wildman–Crippen LogP) is 3.52. The van der Waals surface area contributed by atoms with Crippen LogP contribution >= 0.6 is 11.8 Å². The fourth-order valence-electron chi connectivity index (χ4n) is 2.08. The van der Waals surface area contributed by atoms with Crippen molar-refractivity contribution in [3.05, 3.63) is 30.0 Å². The van der Waals surface area contributed by atoms with E-state index in [0.717, 1.165) is 29.6 Å². The van der Waals surface area contributed by atoms with Gasteiger partial charge in [-0.05, 0) is 50.0 Å². The predicted molar refractivity (Wildman–Crippen MR) is 84.7 cm³/mol. The van der Waals surface area contributed by atoms with Crippen LogP contribution in [0.2, 0.25) is 0 Å². The minimum atomic E-state index is -0.250. The summed E-state index contributed by atoms with van der Waals surface area (Å²) in [6.07, 6.45) is 2.92. The molecule has 2 aromatic rings. The minimum Gasteiger partial charge on any atom is -0.418 e. The van der Waals surface area contributed by atoms with Crippen LogP contribution in [0.5, 0.6) is 5.75 Å². The highest BCUT2D eigenvalue weighted by Gasteiger charge is 2.12. The highest BCUT2D eigenvalue weighted by Crippen LogP contribution is 2.30. The molecule has 0 aliphatic heterocycles. The topological polar surface area (TPSA) is 45.3 Å². The molecule has 0 saturated carbocycles. The number of hydrogen-bond donors (Lipinski definition) is 1. The zero-order valence-electron chi connectivity index (χ0n) is 12.1. The third-order valence-corrected chi connectivity index (χ3v) is 3.64. The van der Waals surface area contributed by atoms with Gasteiger partial charge in [0.1, 0.15) is 5.75 Å². The van der Waals surface area contributed by atoms with Crippen LogP contribution in [-0.4, -0.2) is 41.6 Å². The highest BCUT2D eigenvalue weighted by atomic mass is 32.2. The first-order valence-electron chi connectivity index (χ1n) is 6.70. The number of benzene rings is 1. The van der Waals surface area contributed by atoms with Gasteiger partial charge in [0.2, 0.25) is 0 Å². The molecule has 1 aromatic heterocycles. The number of likely N-dealkylation sites (N-methyl/N-ethyl adjacent to an activating group) is 1. The Morgan fingerprint density at radius 2 is 2.20 bits per heavy atom. The third kappa shape index (κ3) is 3.55. The van der Waals surface area contributed by atoms with Gasteiger partial charge in [0.15, 0.2) is 0 Å². The summed E-state index contributed by atoms with van der Waals surface area (Å²) in [4.78, 5) is 17.1. The lowest BCUT2D eigenvalue weighted by molar-refractivity contribution is 0.227. The Morgan fingerprint density at radius 1 is 1.40 bits per heavy atom. The molecular weight excluding hydrogens is 272 g/mol. The lowest BCUT2D eigenvalue weighted by Crippen LogP contribution is -2.15. The first kappa shape index (κ1) is 14.9. The molecule has 0 aliphatic rings. The molecule has 2 rings (SSSR count). The van der Waals surface area contributed by atoms with Gasteiger partial charge in [-0.2, -0.15) is 0 Å². The summed E-state index contributed by atoms with van der Waals surface area (Å²) in [5, 5.41) is 0.763. The fraction of sp³-hybridized carbons (Fsp3) is 0.400. The third-order valence-electron chi connectivity index (χ3n) is 3.03. The number of nitrogens with zero attached hydrogens (tertiary/aromatic N) is 1. The molecule has 0 fully saturated rings. The van der Waals surface area contributed by atoms with E-state index >= 15 is 0 Å². The second-order valence-corrected chi connectivity index (χ2v) is 6.03. The molecule has 0 unspecified atom stereocenters. The van der Waals surface area contributed by atoms with Gasteiger partial charge in [-0.1, -0.05) is 13.0 Å². The van der Waals surface area contributed by atoms with Crippen LogP contribution in [0.15, 0.2) is 24.4 Å². The highest BCUT2D eigenvalue weighted by molar-refractivity contribution is 8.13. The van der Waals surface area contributed by atoms with Gasteiger partial charge < -0.3 is 14.6 Å². The van der Waals surface area contributed by atoms with Gasteiger partial charge in [0.25, 0.3) is 0 Å². The van der Waals surface area contributed by atoms with E-state index in [1.807, 2.05) is 45.4 Å². The molecule has 108 valence electrons. The van der Waals surface area contributed by atoms with Gasteiger partial charge in [0, 0.05) is 29.4 Å². The molecule has 4 nitrogen and oxygen atoms in total. The van der Waals surface area contributed by atoms with E-state index in [9.17, 15) is 4.79 Å². The maximum atomic E-state index is 11.7. The lowest BCUT2D eigenvalue weighted by Gasteiger charge is -2.10. The Hall–Kier alpha value is -1.46. The molecule has 0 bridgehead atoms. The Kier molecular flexibility index (Phi) is 5.09. The van der Waals surface area contributed by atoms with Gasteiger partial charge in [-0.25, -0.2) is 4.79 Å². The fourth-order valence-corrected chi connectivity index (χ4v) is 2.47. The molecule has 0 aliphatic carbocycles. The molecular formula is C15H20N2O2S. The molecule has 0 amide bonds. The zero-order chi connectivity index (χ0) is 14.5. The van der Waals surface area contributed by atoms with Crippen LogP contribution in [0, 0.1) is 0 Å². The van der Waals surface area contributed by atoms with Crippen molar-refractivity contribution in [3.8, 4) is 5.75 Å². The van der Waals surface area contributed by atoms with Crippen LogP contribution < -0.4 is 4.74 Å². The number of fused-ring (bicyclic) bond motifs is 1. The minimum absolute atomic E-state index is 0.250.